The third kappa shape index (κ3) is 18.4. The molecule has 0 radical (unpaired) electrons. The highest BCUT2D eigenvalue weighted by molar-refractivity contribution is 7.86. The number of hydrogen-bond donors (Lipinski definition) is 10. The molecule has 2 fully saturated rings. The molecule has 2 saturated heterocycles. The Kier molecular flexibility index (Phi) is 18.3. The van der Waals surface area contributed by atoms with Crippen molar-refractivity contribution in [1.82, 2.24) is 60.0 Å². The second kappa shape index (κ2) is 20.3. The van der Waals surface area contributed by atoms with E-state index in [1.807, 2.05) is 0 Å². The van der Waals surface area contributed by atoms with Crippen molar-refractivity contribution in [1.29, 1.82) is 0 Å². The van der Waals surface area contributed by atoms with E-state index < -0.39 is 45.0 Å². The Labute approximate surface area is 406 Å². The largest absolute Gasteiger partial charge is 0.259 e. The van der Waals surface area contributed by atoms with E-state index in [0.29, 0.717) is 0 Å². The Hall–Kier alpha value is 0.900. The summed E-state index contributed by atoms with van der Waals surface area (Å²) in [6, 6.07) is 0. The van der Waals surface area contributed by atoms with E-state index in [1.165, 1.54) is 0 Å². The minimum absolute atomic E-state index is 0.247. The highest BCUT2D eigenvalue weighted by Gasteiger charge is 2.49. The Morgan fingerprint density at radius 1 is 0.439 bits per heavy atom. The molecule has 3 atom stereocenters. The van der Waals surface area contributed by atoms with Gasteiger partial charge in [-0.05, 0) is 192 Å². The molecule has 66 heavy (non-hydrogen) atoms. The molecular formula is C42H102N18P6. The zero-order valence-corrected chi connectivity index (χ0v) is 51.7. The molecule has 10 N–H and O–H groups in total. The highest BCUT2D eigenvalue weighted by Crippen LogP contribution is 2.76. The lowest BCUT2D eigenvalue weighted by atomic mass is 10.1. The van der Waals surface area contributed by atoms with Gasteiger partial charge in [-0.15, -0.1) is 0 Å². The Morgan fingerprint density at radius 2 is 0.833 bits per heavy atom. The summed E-state index contributed by atoms with van der Waals surface area (Å²) in [5, 5.41) is 36.3. The molecule has 0 aromatic heterocycles. The van der Waals surface area contributed by atoms with Crippen LogP contribution in [-0.2, 0) is 0 Å². The Morgan fingerprint density at radius 3 is 1.26 bits per heavy atom. The monoisotopic (exact) mass is 1040 g/mol. The maximum Gasteiger partial charge on any atom is 0.258 e. The van der Waals surface area contributed by atoms with E-state index >= 15 is 0 Å². The predicted octanol–water partition coefficient (Wildman–Crippen LogP) is 13.2. The van der Waals surface area contributed by atoms with Crippen molar-refractivity contribution in [2.24, 2.45) is 27.3 Å². The first-order chi connectivity index (χ1) is 29.3. The van der Waals surface area contributed by atoms with Gasteiger partial charge >= 0.3 is 0 Å². The van der Waals surface area contributed by atoms with Crippen molar-refractivity contribution in [2.45, 2.75) is 236 Å². The zero-order valence-electron chi connectivity index (χ0n) is 46.3. The molecule has 0 aliphatic carbocycles. The van der Waals surface area contributed by atoms with Crippen LogP contribution in [0.3, 0.4) is 0 Å². The summed E-state index contributed by atoms with van der Waals surface area (Å²) in [7, 11) is -16.5. The normalized spacial score (nSPS) is 28.2. The van der Waals surface area contributed by atoms with Crippen LogP contribution in [0.2, 0.25) is 0 Å². The maximum absolute atomic E-state index is 5.95. The fourth-order valence-corrected chi connectivity index (χ4v) is 36.6. The first kappa shape index (κ1) is 59.5. The SMILES string of the molecule is CC(C)(C)N=[P@]1(NC(C)(C)C)N=P(NC(C)(C)C)(NC(C)(C)C)N[P@]2(=N1)NCCCN2CCCCN1CCCN[P@@]12=NP(NC(C)(C)C)(NC(C)(C)C)=NP(NC(C)(C)C)(NC(C)(C)C)=N2. The third-order valence-corrected chi connectivity index (χ3v) is 33.2. The van der Waals surface area contributed by atoms with Crippen LogP contribution in [-0.4, -0.2) is 92.9 Å². The van der Waals surface area contributed by atoms with Crippen molar-refractivity contribution in [3.05, 3.63) is 0 Å². The van der Waals surface area contributed by atoms with Crippen LogP contribution in [0.4, 0.5) is 0 Å². The molecule has 0 saturated carbocycles. The molecule has 0 aromatic carbocycles. The molecular weight excluding hydrogens is 942 g/mol. The van der Waals surface area contributed by atoms with Crippen molar-refractivity contribution in [3.8, 4) is 0 Å². The average Bonchev–Trinajstić information content (AvgIpc) is 2.96. The Bertz CT molecular complexity index is 1960. The summed E-state index contributed by atoms with van der Waals surface area (Å²) >= 11 is 0. The van der Waals surface area contributed by atoms with Crippen LogP contribution in [0, 0.1) is 0 Å². The number of unbranched alkanes of at least 4 members (excludes halogenated alkanes) is 1. The van der Waals surface area contributed by atoms with Gasteiger partial charge in [-0.3, -0.25) is 20.3 Å². The van der Waals surface area contributed by atoms with Crippen molar-refractivity contribution in [2.75, 3.05) is 39.3 Å². The van der Waals surface area contributed by atoms with E-state index in [9.17, 15) is 0 Å². The molecule has 0 bridgehead atoms. The van der Waals surface area contributed by atoms with Crippen LogP contribution in [0.25, 0.3) is 0 Å². The summed E-state index contributed by atoms with van der Waals surface area (Å²) in [5.41, 5.74) is -2.21. The van der Waals surface area contributed by atoms with Gasteiger partial charge in [-0.1, -0.05) is 0 Å². The number of nitrogens with one attached hydrogen (secondary N) is 10. The molecule has 0 aromatic rings. The van der Waals surface area contributed by atoms with Gasteiger partial charge in [-0.25, -0.2) is 39.5 Å². The molecule has 4 heterocycles. The zero-order chi connectivity index (χ0) is 50.5. The van der Waals surface area contributed by atoms with Crippen LogP contribution >= 0.6 is 45.0 Å². The first-order valence-corrected chi connectivity index (χ1v) is 34.6. The average molecular weight is 1050 g/mol. The van der Waals surface area contributed by atoms with Crippen LogP contribution in [0.15, 0.2) is 27.3 Å². The number of nitrogens with zero attached hydrogens (tertiary/aromatic N) is 8. The van der Waals surface area contributed by atoms with E-state index in [1.54, 1.807) is 0 Å². The first-order valence-electron chi connectivity index (χ1n) is 24.5. The second-order valence-electron chi connectivity index (χ2n) is 27.1. The summed E-state index contributed by atoms with van der Waals surface area (Å²) in [5.74, 6) is 0. The van der Waals surface area contributed by atoms with Gasteiger partial charge in [-0.2, -0.15) is 27.4 Å². The van der Waals surface area contributed by atoms with Gasteiger partial charge in [0.05, 0.1) is 5.54 Å². The van der Waals surface area contributed by atoms with Gasteiger partial charge in [0.15, 0.2) is 15.0 Å². The van der Waals surface area contributed by atoms with Crippen molar-refractivity contribution >= 4 is 45.0 Å². The van der Waals surface area contributed by atoms with Gasteiger partial charge < -0.3 is 0 Å². The van der Waals surface area contributed by atoms with E-state index in [4.69, 9.17) is 27.3 Å². The molecule has 18 nitrogen and oxygen atoms in total. The highest BCUT2D eigenvalue weighted by atomic mass is 31.3. The molecule has 4 rings (SSSR count). The van der Waals surface area contributed by atoms with E-state index in [2.05, 4.69) is 226 Å². The summed E-state index contributed by atoms with van der Waals surface area (Å²) in [4.78, 5) is 4.23. The summed E-state index contributed by atoms with van der Waals surface area (Å²) in [6.07, 6.45) is 4.05. The second-order valence-corrected chi connectivity index (χ2v) is 42.1. The van der Waals surface area contributed by atoms with Gasteiger partial charge in [0.1, 0.15) is 0 Å². The van der Waals surface area contributed by atoms with E-state index in [0.717, 1.165) is 65.0 Å². The fraction of sp³-hybridized carbons (Fsp3) is 1.00. The lowest BCUT2D eigenvalue weighted by Gasteiger charge is -2.51. The van der Waals surface area contributed by atoms with Crippen molar-refractivity contribution in [3.63, 3.8) is 0 Å². The molecule has 0 amide bonds. The molecule has 0 unspecified atom stereocenters. The maximum atomic E-state index is 5.95. The number of rotatable bonds is 12. The lowest BCUT2D eigenvalue weighted by molar-refractivity contribution is 0.363. The molecule has 24 heteroatoms. The minimum atomic E-state index is -2.90. The summed E-state index contributed by atoms with van der Waals surface area (Å²) in [6.45, 7) is 58.6. The number of hydrogen-bond acceptors (Lipinski definition) is 15. The molecule has 390 valence electrons. The topological polar surface area (TPSA) is 201 Å². The third-order valence-electron chi connectivity index (χ3n) is 9.18. The quantitative estimate of drug-likeness (QED) is 0.0656. The van der Waals surface area contributed by atoms with Crippen molar-refractivity contribution < 1.29 is 0 Å². The van der Waals surface area contributed by atoms with Gasteiger partial charge in [0.25, 0.3) is 7.51 Å². The lowest BCUT2D eigenvalue weighted by Crippen LogP contribution is -2.51. The van der Waals surface area contributed by atoms with Gasteiger partial charge in [0.2, 0.25) is 22.5 Å². The minimum Gasteiger partial charge on any atom is -0.259 e. The van der Waals surface area contributed by atoms with Crippen LogP contribution < -0.4 is 50.6 Å². The smallest absolute Gasteiger partial charge is 0.258 e. The fourth-order valence-electron chi connectivity index (χ4n) is 8.34. The summed E-state index contributed by atoms with van der Waals surface area (Å²) < 4.78 is 40.4. The van der Waals surface area contributed by atoms with E-state index in [-0.39, 0.29) is 44.3 Å². The van der Waals surface area contributed by atoms with Gasteiger partial charge in [0, 0.05) is 78.0 Å². The molecule has 4 aliphatic rings. The van der Waals surface area contributed by atoms with Crippen LogP contribution in [0.5, 0.6) is 0 Å². The van der Waals surface area contributed by atoms with Crippen LogP contribution in [0.1, 0.15) is 192 Å². The predicted molar refractivity (Wildman–Crippen MR) is 297 cm³/mol. The standard InChI is InChI=1S/C42H102N18P6/c1-35(2,3)45-61(46-36(4,5)6)53-62(47-37(7,8)9,48-38(10,11)12)56-65(55-61)43-29-27-33-59(65)31-25-26-32-60-34-28-30-44-66(60)57-63(49-39(13,14)15,50-40(16,17)18)54-64(58-66,51-41(19,20)21)52-42(22,23)24/h43-51,57H,25-34H2,1-24H3/t64-,66+/m1/s1. The molecule has 4 aliphatic heterocycles. The Balaban J connectivity index is 1.87. The molecule has 2 spiro atoms.